The largest absolute Gasteiger partial charge is 0.390 e. The van der Waals surface area contributed by atoms with Gasteiger partial charge in [0.25, 0.3) is 0 Å². The Hall–Kier alpha value is -1.98. The van der Waals surface area contributed by atoms with Crippen LogP contribution in [0.15, 0.2) is 30.5 Å². The van der Waals surface area contributed by atoms with Crippen molar-refractivity contribution in [3.05, 3.63) is 41.6 Å². The van der Waals surface area contributed by atoms with Crippen molar-refractivity contribution in [3.8, 4) is 0 Å². The molecule has 2 heterocycles. The zero-order valence-electron chi connectivity index (χ0n) is 14.7. The number of fused-ring (bicyclic) bond motifs is 1. The van der Waals surface area contributed by atoms with Crippen molar-refractivity contribution < 1.29 is 9.90 Å². The van der Waals surface area contributed by atoms with Gasteiger partial charge in [0.15, 0.2) is 0 Å². The summed E-state index contributed by atoms with van der Waals surface area (Å²) in [6.45, 7) is 5.46. The molecule has 5 nitrogen and oxygen atoms in total. The van der Waals surface area contributed by atoms with Gasteiger partial charge >= 0.3 is 0 Å². The second kappa shape index (κ2) is 6.73. The average Bonchev–Trinajstić information content (AvgIpc) is 3.45. The molecule has 4 rings (SSSR count). The van der Waals surface area contributed by atoms with Crippen LogP contribution in [0.25, 0.3) is 10.9 Å². The number of aliphatic hydroxyl groups is 1. The van der Waals surface area contributed by atoms with Gasteiger partial charge in [0.1, 0.15) is 0 Å². The van der Waals surface area contributed by atoms with E-state index in [2.05, 4.69) is 35.0 Å². The number of carbonyl (C=O) groups is 1. The number of carbonyl (C=O) groups excluding carboxylic acids is 1. The number of aliphatic hydroxyl groups excluding tert-OH is 1. The monoisotopic (exact) mass is 339 g/mol. The Morgan fingerprint density at radius 2 is 2.08 bits per heavy atom. The molecular weight excluding hydrogens is 314 g/mol. The molecule has 0 unspecified atom stereocenters. The summed E-state index contributed by atoms with van der Waals surface area (Å²) in [7, 11) is 0. The average molecular weight is 339 g/mol. The first kappa shape index (κ1) is 16.5. The van der Waals surface area contributed by atoms with Crippen molar-refractivity contribution in [1.82, 2.24) is 14.8 Å². The van der Waals surface area contributed by atoms with Crippen molar-refractivity contribution in [2.75, 3.05) is 26.2 Å². The summed E-state index contributed by atoms with van der Waals surface area (Å²) < 4.78 is 0. The minimum atomic E-state index is -0.487. The van der Waals surface area contributed by atoms with Gasteiger partial charge in [-0.2, -0.15) is 0 Å². The number of pyridine rings is 1. The maximum atomic E-state index is 12.3. The van der Waals surface area contributed by atoms with Crippen LogP contribution in [0.3, 0.4) is 0 Å². The van der Waals surface area contributed by atoms with E-state index in [1.165, 1.54) is 16.5 Å². The molecule has 2 aromatic rings. The van der Waals surface area contributed by atoms with Crippen LogP contribution >= 0.6 is 0 Å². The number of β-amino-alcohol motifs (C(OH)–C–C–N with tert-alkyl or cyclic N) is 1. The third-order valence-electron chi connectivity index (χ3n) is 5.34. The van der Waals surface area contributed by atoms with Gasteiger partial charge in [-0.25, -0.2) is 0 Å². The molecule has 1 atom stereocenters. The molecule has 0 spiro atoms. The number of aromatic nitrogens is 1. The predicted octanol–water partition coefficient (Wildman–Crippen LogP) is 1.96. The van der Waals surface area contributed by atoms with E-state index in [0.717, 1.165) is 31.4 Å². The fraction of sp³-hybridized carbons (Fsp3) is 0.500. The van der Waals surface area contributed by atoms with Gasteiger partial charge in [-0.3, -0.25) is 14.7 Å². The van der Waals surface area contributed by atoms with Gasteiger partial charge in [-0.1, -0.05) is 12.1 Å². The van der Waals surface area contributed by atoms with Gasteiger partial charge in [0.05, 0.1) is 11.6 Å². The molecule has 2 fully saturated rings. The molecule has 0 radical (unpaired) electrons. The summed E-state index contributed by atoms with van der Waals surface area (Å²) in [4.78, 5) is 20.9. The molecule has 0 bridgehead atoms. The van der Waals surface area contributed by atoms with Crippen molar-refractivity contribution in [2.24, 2.45) is 5.92 Å². The van der Waals surface area contributed by atoms with E-state index in [1.807, 2.05) is 17.2 Å². The van der Waals surface area contributed by atoms with Crippen molar-refractivity contribution in [3.63, 3.8) is 0 Å². The second-order valence-corrected chi connectivity index (χ2v) is 7.38. The topological polar surface area (TPSA) is 56.7 Å². The number of rotatable bonds is 3. The van der Waals surface area contributed by atoms with Gasteiger partial charge in [0.2, 0.25) is 5.91 Å². The third-order valence-corrected chi connectivity index (χ3v) is 5.34. The zero-order chi connectivity index (χ0) is 17.4. The Morgan fingerprint density at radius 3 is 2.88 bits per heavy atom. The second-order valence-electron chi connectivity index (χ2n) is 7.38. The fourth-order valence-electron chi connectivity index (χ4n) is 3.74. The summed E-state index contributed by atoms with van der Waals surface area (Å²) in [5.74, 6) is 0.441. The Balaban J connectivity index is 1.53. The molecule has 132 valence electrons. The number of amides is 1. The van der Waals surface area contributed by atoms with Crippen molar-refractivity contribution >= 4 is 16.8 Å². The van der Waals surface area contributed by atoms with Gasteiger partial charge in [0, 0.05) is 50.2 Å². The molecule has 1 N–H and O–H groups in total. The first-order valence-corrected chi connectivity index (χ1v) is 9.14. The lowest BCUT2D eigenvalue weighted by atomic mass is 10.0. The molecule has 5 heteroatoms. The lowest BCUT2D eigenvalue weighted by molar-refractivity contribution is -0.133. The number of hydrogen-bond acceptors (Lipinski definition) is 4. The number of aryl methyl sites for hydroxylation is 1. The van der Waals surface area contributed by atoms with Crippen molar-refractivity contribution in [1.29, 1.82) is 0 Å². The quantitative estimate of drug-likeness (QED) is 0.929. The van der Waals surface area contributed by atoms with Crippen molar-refractivity contribution in [2.45, 2.75) is 32.4 Å². The molecule has 2 aliphatic rings. The van der Waals surface area contributed by atoms with E-state index in [-0.39, 0.29) is 11.8 Å². The zero-order valence-corrected chi connectivity index (χ0v) is 14.7. The highest BCUT2D eigenvalue weighted by molar-refractivity contribution is 5.83. The predicted molar refractivity (Wildman–Crippen MR) is 97.1 cm³/mol. The molecule has 1 aromatic carbocycles. The number of hydrogen-bond donors (Lipinski definition) is 1. The number of benzene rings is 1. The van der Waals surface area contributed by atoms with Crippen LogP contribution in [-0.2, 0) is 11.3 Å². The molecule has 1 aromatic heterocycles. The summed E-state index contributed by atoms with van der Waals surface area (Å²) in [5, 5.41) is 11.6. The SMILES string of the molecule is Cc1ccc2ncccc2c1CN1CCN(C(=O)C2CC2)C[C@H](O)C1. The first-order chi connectivity index (χ1) is 12.1. The van der Waals surface area contributed by atoms with E-state index >= 15 is 0 Å². The first-order valence-electron chi connectivity index (χ1n) is 9.14. The van der Waals surface area contributed by atoms with Crippen LogP contribution in [-0.4, -0.2) is 58.1 Å². The molecule has 1 aliphatic heterocycles. The summed E-state index contributed by atoms with van der Waals surface area (Å²) >= 11 is 0. The van der Waals surface area contributed by atoms with E-state index in [1.54, 1.807) is 0 Å². The Labute approximate surface area is 148 Å². The maximum absolute atomic E-state index is 12.3. The van der Waals surface area contributed by atoms with Crippen LogP contribution in [0.5, 0.6) is 0 Å². The van der Waals surface area contributed by atoms with E-state index in [9.17, 15) is 9.90 Å². The normalized spacial score (nSPS) is 22.2. The van der Waals surface area contributed by atoms with E-state index in [0.29, 0.717) is 19.6 Å². The minimum Gasteiger partial charge on any atom is -0.390 e. The maximum Gasteiger partial charge on any atom is 0.225 e. The molecule has 1 amide bonds. The Morgan fingerprint density at radius 1 is 1.24 bits per heavy atom. The standard InChI is InChI=1S/C20H25N3O2/c1-14-4-7-19-17(3-2-8-21-19)18(14)13-22-9-10-23(12-16(24)11-22)20(25)15-5-6-15/h2-4,7-8,15-16,24H,5-6,9-13H2,1H3/t16-/m1/s1. The molecule has 1 aliphatic carbocycles. The fourth-order valence-corrected chi connectivity index (χ4v) is 3.74. The molecule has 1 saturated heterocycles. The van der Waals surface area contributed by atoms with Gasteiger partial charge < -0.3 is 10.0 Å². The van der Waals surface area contributed by atoms with Crippen LogP contribution in [0.4, 0.5) is 0 Å². The van der Waals surface area contributed by atoms with Gasteiger partial charge in [-0.15, -0.1) is 0 Å². The minimum absolute atomic E-state index is 0.213. The lowest BCUT2D eigenvalue weighted by Gasteiger charge is -2.23. The van der Waals surface area contributed by atoms with Gasteiger partial charge in [-0.05, 0) is 43.0 Å². The Kier molecular flexibility index (Phi) is 4.44. The number of nitrogens with zero attached hydrogens (tertiary/aromatic N) is 3. The van der Waals surface area contributed by atoms with E-state index in [4.69, 9.17) is 0 Å². The summed E-state index contributed by atoms with van der Waals surface area (Å²) in [5.41, 5.74) is 3.51. The highest BCUT2D eigenvalue weighted by Gasteiger charge is 2.35. The summed E-state index contributed by atoms with van der Waals surface area (Å²) in [6, 6.07) is 8.25. The lowest BCUT2D eigenvalue weighted by Crippen LogP contribution is -2.38. The Bertz CT molecular complexity index is 788. The van der Waals surface area contributed by atoms with Crippen LogP contribution in [0.1, 0.15) is 24.0 Å². The van der Waals surface area contributed by atoms with Crippen LogP contribution < -0.4 is 0 Å². The van der Waals surface area contributed by atoms with Crippen LogP contribution in [0, 0.1) is 12.8 Å². The summed E-state index contributed by atoms with van der Waals surface area (Å²) in [6.07, 6.45) is 3.35. The van der Waals surface area contributed by atoms with E-state index < -0.39 is 6.10 Å². The van der Waals surface area contributed by atoms with Crippen LogP contribution in [0.2, 0.25) is 0 Å². The highest BCUT2D eigenvalue weighted by atomic mass is 16.3. The molecule has 1 saturated carbocycles. The third kappa shape index (κ3) is 3.53. The highest BCUT2D eigenvalue weighted by Crippen LogP contribution is 2.31. The smallest absolute Gasteiger partial charge is 0.225 e. The molecule has 25 heavy (non-hydrogen) atoms. The molecular formula is C20H25N3O2.